The number of nitrogens with one attached hydrogen (secondary N) is 1. The highest BCUT2D eigenvalue weighted by Crippen LogP contribution is 2.34. The van der Waals surface area contributed by atoms with E-state index in [1.54, 1.807) is 30.3 Å². The fraction of sp³-hybridized carbons (Fsp3) is 0.261. The van der Waals surface area contributed by atoms with Crippen molar-refractivity contribution >= 4 is 23.4 Å². The van der Waals surface area contributed by atoms with Gasteiger partial charge in [-0.25, -0.2) is 4.39 Å². The van der Waals surface area contributed by atoms with Gasteiger partial charge in [-0.1, -0.05) is 30.4 Å². The normalized spacial score (nSPS) is 20.2. The number of nitrogens with zero attached hydrogens (tertiary/aromatic N) is 1. The number of allylic oxidation sites excluding steroid dienone is 2. The first-order valence-electron chi connectivity index (χ1n) is 9.78. The molecule has 0 radical (unpaired) electrons. The van der Waals surface area contributed by atoms with Crippen molar-refractivity contribution in [3.05, 3.63) is 72.1 Å². The van der Waals surface area contributed by atoms with Crippen molar-refractivity contribution in [3.8, 4) is 5.75 Å². The Labute approximate surface area is 173 Å². The number of halogens is 1. The van der Waals surface area contributed by atoms with Crippen LogP contribution in [0.3, 0.4) is 0 Å². The first-order valence-corrected chi connectivity index (χ1v) is 9.78. The van der Waals surface area contributed by atoms with Crippen LogP contribution >= 0.6 is 0 Å². The summed E-state index contributed by atoms with van der Waals surface area (Å²) in [5, 5.41) is 2.72. The fourth-order valence-electron chi connectivity index (χ4n) is 3.83. The number of benzene rings is 2. The van der Waals surface area contributed by atoms with Gasteiger partial charge in [0.05, 0.1) is 11.8 Å². The molecule has 154 valence electrons. The van der Waals surface area contributed by atoms with Gasteiger partial charge in [0.15, 0.2) is 0 Å². The molecule has 1 aliphatic heterocycles. The molecular weight excluding hydrogens is 387 g/mol. The third-order valence-corrected chi connectivity index (χ3v) is 5.31. The molecule has 0 saturated carbocycles. The van der Waals surface area contributed by atoms with Gasteiger partial charge in [-0.05, 0) is 42.7 Å². The summed E-state index contributed by atoms with van der Waals surface area (Å²) in [6.07, 6.45) is 4.90. The minimum atomic E-state index is -0.438. The topological polar surface area (TPSA) is 75.7 Å². The predicted octanol–water partition coefficient (Wildman–Crippen LogP) is 3.29. The van der Waals surface area contributed by atoms with E-state index < -0.39 is 5.91 Å². The number of hydrogen-bond acceptors (Lipinski definition) is 4. The Balaban J connectivity index is 1.35. The maximum absolute atomic E-state index is 13.2. The molecule has 0 unspecified atom stereocenters. The van der Waals surface area contributed by atoms with E-state index in [0.717, 1.165) is 10.5 Å². The molecule has 1 heterocycles. The zero-order chi connectivity index (χ0) is 21.1. The monoisotopic (exact) mass is 408 g/mol. The van der Waals surface area contributed by atoms with E-state index in [9.17, 15) is 18.8 Å². The van der Waals surface area contributed by atoms with Gasteiger partial charge in [0.1, 0.15) is 24.7 Å². The smallest absolute Gasteiger partial charge is 0.244 e. The Hall–Kier alpha value is -3.48. The molecule has 0 bridgehead atoms. The van der Waals surface area contributed by atoms with Gasteiger partial charge in [0, 0.05) is 11.8 Å². The van der Waals surface area contributed by atoms with Crippen molar-refractivity contribution in [1.29, 1.82) is 0 Å². The Bertz CT molecular complexity index is 994. The van der Waals surface area contributed by atoms with Crippen LogP contribution in [0.4, 0.5) is 10.1 Å². The predicted molar refractivity (Wildman–Crippen MR) is 108 cm³/mol. The van der Waals surface area contributed by atoms with E-state index in [4.69, 9.17) is 4.74 Å². The molecule has 2 atom stereocenters. The largest absolute Gasteiger partial charge is 0.489 e. The van der Waals surface area contributed by atoms with Crippen molar-refractivity contribution in [2.45, 2.75) is 19.4 Å². The van der Waals surface area contributed by atoms with Gasteiger partial charge in [-0.2, -0.15) is 0 Å². The van der Waals surface area contributed by atoms with Gasteiger partial charge >= 0.3 is 0 Å². The first-order chi connectivity index (χ1) is 14.5. The number of carbonyl (C=O) groups is 3. The number of hydrogen-bond donors (Lipinski definition) is 1. The van der Waals surface area contributed by atoms with Crippen LogP contribution in [-0.4, -0.2) is 29.2 Å². The van der Waals surface area contributed by atoms with Crippen molar-refractivity contribution in [2.75, 3.05) is 11.9 Å². The Morgan fingerprint density at radius 2 is 1.73 bits per heavy atom. The number of rotatable bonds is 6. The van der Waals surface area contributed by atoms with Crippen LogP contribution in [0.5, 0.6) is 5.75 Å². The number of carbonyl (C=O) groups excluding carboxylic acids is 3. The van der Waals surface area contributed by atoms with E-state index in [1.165, 1.54) is 12.1 Å². The van der Waals surface area contributed by atoms with Crippen molar-refractivity contribution in [3.63, 3.8) is 0 Å². The van der Waals surface area contributed by atoms with Gasteiger partial charge < -0.3 is 10.1 Å². The van der Waals surface area contributed by atoms with Crippen LogP contribution < -0.4 is 10.1 Å². The number of amides is 3. The number of anilines is 1. The molecule has 7 heteroatoms. The average Bonchev–Trinajstić information content (AvgIpc) is 2.98. The lowest BCUT2D eigenvalue weighted by Gasteiger charge is -2.15. The lowest BCUT2D eigenvalue weighted by molar-refractivity contribution is -0.142. The summed E-state index contributed by atoms with van der Waals surface area (Å²) < 4.78 is 18.8. The summed E-state index contributed by atoms with van der Waals surface area (Å²) >= 11 is 0. The third-order valence-electron chi connectivity index (χ3n) is 5.31. The van der Waals surface area contributed by atoms with Gasteiger partial charge in [-0.3, -0.25) is 19.3 Å². The molecule has 0 aromatic heterocycles. The quantitative estimate of drug-likeness (QED) is 0.588. The second-order valence-corrected chi connectivity index (χ2v) is 7.41. The summed E-state index contributed by atoms with van der Waals surface area (Å²) in [5.41, 5.74) is 1.31. The van der Waals surface area contributed by atoms with Crippen LogP contribution in [0.25, 0.3) is 0 Å². The van der Waals surface area contributed by atoms with Crippen molar-refractivity contribution < 1.29 is 23.5 Å². The molecule has 2 aromatic carbocycles. The SMILES string of the molecule is O=C(CN1C(=O)[C@@H]2CC=CC[C@H]2C1=O)Nc1cccc(COc2cccc(F)c2)c1. The Morgan fingerprint density at radius 3 is 2.43 bits per heavy atom. The highest BCUT2D eigenvalue weighted by atomic mass is 19.1. The van der Waals surface area contributed by atoms with Gasteiger partial charge in [0.2, 0.25) is 17.7 Å². The molecule has 2 aromatic rings. The second kappa shape index (κ2) is 8.49. The zero-order valence-electron chi connectivity index (χ0n) is 16.2. The van der Waals surface area contributed by atoms with Crippen LogP contribution in [0.2, 0.25) is 0 Å². The molecule has 3 amide bonds. The minimum absolute atomic E-state index is 0.201. The minimum Gasteiger partial charge on any atom is -0.489 e. The number of likely N-dealkylation sites (tertiary alicyclic amines) is 1. The molecular formula is C23H21FN2O4. The molecule has 1 saturated heterocycles. The highest BCUT2D eigenvalue weighted by molar-refractivity contribution is 6.08. The standard InChI is InChI=1S/C23H21FN2O4/c24-16-6-4-8-18(12-16)30-14-15-5-3-7-17(11-15)25-21(27)13-26-22(28)19-9-1-2-10-20(19)23(26)29/h1-8,11-12,19-20H,9-10,13-14H2,(H,25,27)/t19-,20-/m1/s1. The van der Waals surface area contributed by atoms with Crippen LogP contribution in [-0.2, 0) is 21.0 Å². The van der Waals surface area contributed by atoms with Crippen molar-refractivity contribution in [1.82, 2.24) is 4.90 Å². The first kappa shape index (κ1) is 19.8. The number of imide groups is 1. The van der Waals surface area contributed by atoms with Crippen LogP contribution in [0, 0.1) is 17.7 Å². The molecule has 2 aliphatic rings. The van der Waals surface area contributed by atoms with Crippen molar-refractivity contribution in [2.24, 2.45) is 11.8 Å². The zero-order valence-corrected chi connectivity index (χ0v) is 16.2. The summed E-state index contributed by atoms with van der Waals surface area (Å²) in [4.78, 5) is 38.5. The molecule has 4 rings (SSSR count). The molecule has 0 spiro atoms. The summed E-state index contributed by atoms with van der Waals surface area (Å²) in [7, 11) is 0. The van der Waals surface area contributed by atoms with Crippen LogP contribution in [0.1, 0.15) is 18.4 Å². The number of ether oxygens (including phenoxy) is 1. The fourth-order valence-corrected chi connectivity index (χ4v) is 3.83. The lowest BCUT2D eigenvalue weighted by atomic mass is 9.85. The third kappa shape index (κ3) is 4.25. The van der Waals surface area contributed by atoms with Gasteiger partial charge in [-0.15, -0.1) is 0 Å². The van der Waals surface area contributed by atoms with E-state index in [-0.39, 0.29) is 42.6 Å². The molecule has 1 aliphatic carbocycles. The van der Waals surface area contributed by atoms with E-state index >= 15 is 0 Å². The molecule has 30 heavy (non-hydrogen) atoms. The lowest BCUT2D eigenvalue weighted by Crippen LogP contribution is -2.38. The average molecular weight is 408 g/mol. The highest BCUT2D eigenvalue weighted by Gasteiger charge is 2.47. The Morgan fingerprint density at radius 1 is 1.03 bits per heavy atom. The number of fused-ring (bicyclic) bond motifs is 1. The van der Waals surface area contributed by atoms with E-state index in [0.29, 0.717) is 24.3 Å². The second-order valence-electron chi connectivity index (χ2n) is 7.41. The molecule has 1 N–H and O–H groups in total. The molecule has 6 nitrogen and oxygen atoms in total. The summed E-state index contributed by atoms with van der Waals surface area (Å²) in [6, 6.07) is 12.9. The van der Waals surface area contributed by atoms with Gasteiger partial charge in [0.25, 0.3) is 0 Å². The summed E-state index contributed by atoms with van der Waals surface area (Å²) in [6.45, 7) is -0.0959. The van der Waals surface area contributed by atoms with E-state index in [2.05, 4.69) is 5.32 Å². The maximum Gasteiger partial charge on any atom is 0.244 e. The van der Waals surface area contributed by atoms with Crippen LogP contribution in [0.15, 0.2) is 60.7 Å². The molecule has 1 fully saturated rings. The Kier molecular flexibility index (Phi) is 5.61. The van der Waals surface area contributed by atoms with E-state index in [1.807, 2.05) is 18.2 Å². The maximum atomic E-state index is 13.2. The summed E-state index contributed by atoms with van der Waals surface area (Å²) in [5.74, 6) is -1.66.